The molecule has 3 heteroatoms. The average molecular weight is 316 g/mol. The van der Waals surface area contributed by atoms with Crippen LogP contribution in [0.2, 0.25) is 0 Å². The van der Waals surface area contributed by atoms with Gasteiger partial charge in [0.25, 0.3) is 5.56 Å². The zero-order chi connectivity index (χ0) is 16.9. The van der Waals surface area contributed by atoms with E-state index in [0.717, 1.165) is 17.1 Å². The van der Waals surface area contributed by atoms with E-state index in [-0.39, 0.29) is 11.0 Å². The standard InChI is InChI=1S/C21H20N2O/c1-14-12-13-19(20(24)22-14)23-17-10-6-4-8-15(17)21(2,3)16-9-5-7-11-18(16)23/h4-13H,1-3H3,(H,22,24). The lowest BCUT2D eigenvalue weighted by molar-refractivity contribution is 0.631. The van der Waals surface area contributed by atoms with Gasteiger partial charge in [-0.3, -0.25) is 4.79 Å². The maximum absolute atomic E-state index is 12.6. The summed E-state index contributed by atoms with van der Waals surface area (Å²) in [5, 5.41) is 0. The smallest absolute Gasteiger partial charge is 0.272 e. The zero-order valence-electron chi connectivity index (χ0n) is 14.1. The third-order valence-corrected chi connectivity index (χ3v) is 4.91. The number of hydrogen-bond acceptors (Lipinski definition) is 2. The van der Waals surface area contributed by atoms with Crippen LogP contribution in [0.4, 0.5) is 17.1 Å². The van der Waals surface area contributed by atoms with Crippen molar-refractivity contribution in [3.8, 4) is 0 Å². The number of pyridine rings is 1. The first-order chi connectivity index (χ1) is 11.5. The highest BCUT2D eigenvalue weighted by Crippen LogP contribution is 2.50. The third kappa shape index (κ3) is 2.01. The number of para-hydroxylation sites is 2. The van der Waals surface area contributed by atoms with Crippen molar-refractivity contribution in [1.29, 1.82) is 0 Å². The molecule has 2 heterocycles. The minimum Gasteiger partial charge on any atom is -0.325 e. The summed E-state index contributed by atoms with van der Waals surface area (Å²) in [5.41, 5.74) is 5.91. The molecule has 1 aliphatic rings. The molecule has 1 aromatic heterocycles. The Balaban J connectivity index is 2.07. The Morgan fingerprint density at radius 1 is 0.792 bits per heavy atom. The number of aromatic amines is 1. The molecule has 0 saturated heterocycles. The lowest BCUT2D eigenvalue weighted by atomic mass is 9.73. The van der Waals surface area contributed by atoms with Crippen LogP contribution in [0.15, 0.2) is 65.5 Å². The van der Waals surface area contributed by atoms with Gasteiger partial charge in [0.1, 0.15) is 5.69 Å². The highest BCUT2D eigenvalue weighted by Gasteiger charge is 2.36. The monoisotopic (exact) mass is 316 g/mol. The first kappa shape index (κ1) is 14.8. The number of aromatic nitrogens is 1. The van der Waals surface area contributed by atoms with Crippen LogP contribution in [-0.2, 0) is 5.41 Å². The molecule has 0 aliphatic carbocycles. The molecule has 3 aromatic rings. The van der Waals surface area contributed by atoms with Crippen LogP contribution < -0.4 is 10.5 Å². The van der Waals surface area contributed by atoms with Crippen molar-refractivity contribution in [2.75, 3.05) is 4.90 Å². The quantitative estimate of drug-likeness (QED) is 0.700. The van der Waals surface area contributed by atoms with Crippen LogP contribution in [0.5, 0.6) is 0 Å². The molecule has 0 spiro atoms. The van der Waals surface area contributed by atoms with E-state index in [2.05, 4.69) is 60.1 Å². The van der Waals surface area contributed by atoms with Crippen LogP contribution in [-0.4, -0.2) is 4.98 Å². The van der Waals surface area contributed by atoms with Crippen LogP contribution in [0, 0.1) is 6.92 Å². The topological polar surface area (TPSA) is 36.1 Å². The van der Waals surface area contributed by atoms with E-state index in [1.165, 1.54) is 11.1 Å². The van der Waals surface area contributed by atoms with Gasteiger partial charge in [0.2, 0.25) is 0 Å². The molecule has 0 unspecified atom stereocenters. The first-order valence-corrected chi connectivity index (χ1v) is 8.19. The van der Waals surface area contributed by atoms with E-state index in [9.17, 15) is 4.79 Å². The summed E-state index contributed by atoms with van der Waals surface area (Å²) in [6.07, 6.45) is 0. The number of nitrogens with one attached hydrogen (secondary N) is 1. The van der Waals surface area contributed by atoms with E-state index < -0.39 is 0 Å². The predicted molar refractivity (Wildman–Crippen MR) is 98.6 cm³/mol. The summed E-state index contributed by atoms with van der Waals surface area (Å²) >= 11 is 0. The fraction of sp³-hybridized carbons (Fsp3) is 0.190. The first-order valence-electron chi connectivity index (χ1n) is 8.19. The molecule has 1 N–H and O–H groups in total. The minimum absolute atomic E-state index is 0.0701. The Hall–Kier alpha value is -2.81. The van der Waals surface area contributed by atoms with Gasteiger partial charge in [0.15, 0.2) is 0 Å². The number of anilines is 3. The number of hydrogen-bond donors (Lipinski definition) is 1. The Morgan fingerprint density at radius 2 is 1.33 bits per heavy atom. The van der Waals surface area contributed by atoms with Crippen LogP contribution in [0.25, 0.3) is 0 Å². The Bertz CT molecular complexity index is 935. The van der Waals surface area contributed by atoms with Crippen molar-refractivity contribution in [1.82, 2.24) is 4.98 Å². The predicted octanol–water partition coefficient (Wildman–Crippen LogP) is 4.79. The number of fused-ring (bicyclic) bond motifs is 2. The van der Waals surface area contributed by atoms with Crippen molar-refractivity contribution in [3.05, 3.63) is 87.8 Å². The largest absolute Gasteiger partial charge is 0.325 e. The molecule has 120 valence electrons. The Labute approximate surface area is 141 Å². The molecule has 4 rings (SSSR count). The van der Waals surface area contributed by atoms with Gasteiger partial charge in [-0.05, 0) is 42.3 Å². The van der Waals surface area contributed by atoms with Gasteiger partial charge in [-0.1, -0.05) is 50.2 Å². The summed E-state index contributed by atoms with van der Waals surface area (Å²) in [7, 11) is 0. The van der Waals surface area contributed by atoms with Gasteiger partial charge >= 0.3 is 0 Å². The van der Waals surface area contributed by atoms with E-state index in [1.54, 1.807) is 0 Å². The van der Waals surface area contributed by atoms with Crippen molar-refractivity contribution in [2.45, 2.75) is 26.2 Å². The average Bonchev–Trinajstić information content (AvgIpc) is 2.57. The maximum atomic E-state index is 12.6. The number of rotatable bonds is 1. The lowest BCUT2D eigenvalue weighted by Crippen LogP contribution is -2.32. The van der Waals surface area contributed by atoms with Crippen molar-refractivity contribution >= 4 is 17.1 Å². The second-order valence-corrected chi connectivity index (χ2v) is 6.85. The molecule has 24 heavy (non-hydrogen) atoms. The molecule has 0 bridgehead atoms. The molecule has 0 radical (unpaired) electrons. The van der Waals surface area contributed by atoms with E-state index >= 15 is 0 Å². The fourth-order valence-electron chi connectivity index (χ4n) is 3.67. The minimum atomic E-state index is -0.110. The van der Waals surface area contributed by atoms with E-state index in [0.29, 0.717) is 5.69 Å². The molecule has 0 atom stereocenters. The number of nitrogens with zero attached hydrogens (tertiary/aromatic N) is 1. The summed E-state index contributed by atoms with van der Waals surface area (Å²) < 4.78 is 0. The summed E-state index contributed by atoms with van der Waals surface area (Å²) in [6.45, 7) is 6.37. The highest BCUT2D eigenvalue weighted by molar-refractivity contribution is 5.85. The van der Waals surface area contributed by atoms with Gasteiger partial charge in [-0.25, -0.2) is 0 Å². The van der Waals surface area contributed by atoms with Gasteiger partial charge < -0.3 is 9.88 Å². The molecule has 1 aliphatic heterocycles. The summed E-state index contributed by atoms with van der Waals surface area (Å²) in [5.74, 6) is 0. The molecule has 2 aromatic carbocycles. The third-order valence-electron chi connectivity index (χ3n) is 4.91. The van der Waals surface area contributed by atoms with E-state index in [1.807, 2.05) is 31.2 Å². The second-order valence-electron chi connectivity index (χ2n) is 6.85. The normalized spacial score (nSPS) is 14.9. The summed E-state index contributed by atoms with van der Waals surface area (Å²) in [6, 6.07) is 20.5. The zero-order valence-corrected chi connectivity index (χ0v) is 14.1. The molecule has 0 amide bonds. The van der Waals surface area contributed by atoms with Crippen molar-refractivity contribution in [3.63, 3.8) is 0 Å². The number of H-pyrrole nitrogens is 1. The molecular formula is C21H20N2O. The van der Waals surface area contributed by atoms with Crippen LogP contribution in [0.1, 0.15) is 30.7 Å². The maximum Gasteiger partial charge on any atom is 0.272 e. The SMILES string of the molecule is Cc1ccc(N2c3ccccc3C(C)(C)c3ccccc32)c(=O)[nH]1. The lowest BCUT2D eigenvalue weighted by Gasteiger charge is -2.41. The van der Waals surface area contributed by atoms with E-state index in [4.69, 9.17) is 0 Å². The molecule has 0 fully saturated rings. The van der Waals surface area contributed by atoms with Gasteiger partial charge in [0.05, 0.1) is 11.4 Å². The van der Waals surface area contributed by atoms with Gasteiger partial charge in [0, 0.05) is 11.1 Å². The van der Waals surface area contributed by atoms with Crippen molar-refractivity contribution in [2.24, 2.45) is 0 Å². The summed E-state index contributed by atoms with van der Waals surface area (Å²) in [4.78, 5) is 17.6. The van der Waals surface area contributed by atoms with Crippen LogP contribution in [0.3, 0.4) is 0 Å². The van der Waals surface area contributed by atoms with Gasteiger partial charge in [-0.15, -0.1) is 0 Å². The molecular weight excluding hydrogens is 296 g/mol. The Morgan fingerprint density at radius 3 is 1.88 bits per heavy atom. The molecule has 3 nitrogen and oxygen atoms in total. The van der Waals surface area contributed by atoms with Gasteiger partial charge in [-0.2, -0.15) is 0 Å². The Kier molecular flexibility index (Phi) is 3.14. The highest BCUT2D eigenvalue weighted by atomic mass is 16.1. The van der Waals surface area contributed by atoms with Crippen molar-refractivity contribution < 1.29 is 0 Å². The fourth-order valence-corrected chi connectivity index (χ4v) is 3.67. The second kappa shape index (κ2) is 5.10. The molecule has 0 saturated carbocycles. The number of aryl methyl sites for hydroxylation is 1. The number of benzene rings is 2. The van der Waals surface area contributed by atoms with Crippen LogP contribution >= 0.6 is 0 Å².